The van der Waals surface area contributed by atoms with Gasteiger partial charge in [0.05, 0.1) is 17.2 Å². The fourth-order valence-corrected chi connectivity index (χ4v) is 3.52. The van der Waals surface area contributed by atoms with Crippen LogP contribution in [0, 0.1) is 0 Å². The van der Waals surface area contributed by atoms with Crippen molar-refractivity contribution in [3.63, 3.8) is 0 Å². The van der Waals surface area contributed by atoms with Gasteiger partial charge in [0.2, 0.25) is 0 Å². The molecule has 8 heteroatoms. The number of carbonyl (C=O) groups is 1. The number of alkyl halides is 3. The molecule has 0 radical (unpaired) electrons. The Kier molecular flexibility index (Phi) is 4.70. The van der Waals surface area contributed by atoms with E-state index >= 15 is 0 Å². The summed E-state index contributed by atoms with van der Waals surface area (Å²) in [5.74, 6) is -0.739. The summed E-state index contributed by atoms with van der Waals surface area (Å²) < 4.78 is 45.2. The van der Waals surface area contributed by atoms with Gasteiger partial charge in [-0.1, -0.05) is 24.3 Å². The molecule has 1 amide bonds. The Morgan fingerprint density at radius 1 is 1.18 bits per heavy atom. The third-order valence-electron chi connectivity index (χ3n) is 4.88. The number of halogens is 3. The Morgan fingerprint density at radius 3 is 2.71 bits per heavy atom. The fraction of sp³-hybridized carbons (Fsp3) is 0.300. The molecule has 1 unspecified atom stereocenters. The molecular formula is C20H18F3N3O2. The summed E-state index contributed by atoms with van der Waals surface area (Å²) in [6.45, 7) is 0.927. The molecule has 0 bridgehead atoms. The number of amides is 1. The van der Waals surface area contributed by atoms with Crippen molar-refractivity contribution in [1.29, 1.82) is 0 Å². The van der Waals surface area contributed by atoms with Crippen molar-refractivity contribution in [3.8, 4) is 0 Å². The molecule has 1 aromatic heterocycles. The molecular weight excluding hydrogens is 371 g/mol. The maximum Gasteiger partial charge on any atom is 0.417 e. The van der Waals surface area contributed by atoms with Crippen LogP contribution in [0.25, 0.3) is 11.1 Å². The number of rotatable bonds is 4. The number of oxazole rings is 1. The minimum absolute atomic E-state index is 0.0879. The lowest BCUT2D eigenvalue weighted by molar-refractivity contribution is -0.137. The molecule has 4 rings (SSSR count). The van der Waals surface area contributed by atoms with Crippen LogP contribution in [-0.4, -0.2) is 30.0 Å². The molecule has 3 aromatic rings. The number of para-hydroxylation sites is 2. The van der Waals surface area contributed by atoms with Crippen LogP contribution >= 0.6 is 0 Å². The molecule has 5 nitrogen and oxygen atoms in total. The van der Waals surface area contributed by atoms with Crippen molar-refractivity contribution >= 4 is 23.0 Å². The van der Waals surface area contributed by atoms with E-state index in [0.717, 1.165) is 24.4 Å². The Balaban J connectivity index is 1.48. The summed E-state index contributed by atoms with van der Waals surface area (Å²) in [5.41, 5.74) is 0.105. The maximum absolute atomic E-state index is 13.1. The molecule has 1 aliphatic rings. The lowest BCUT2D eigenvalue weighted by atomic mass is 10.1. The van der Waals surface area contributed by atoms with Crippen molar-refractivity contribution in [2.45, 2.75) is 25.1 Å². The summed E-state index contributed by atoms with van der Waals surface area (Å²) in [6, 6.07) is 12.6. The summed E-state index contributed by atoms with van der Waals surface area (Å²) in [6.07, 6.45) is -2.90. The van der Waals surface area contributed by atoms with E-state index in [1.165, 1.54) is 18.2 Å². The van der Waals surface area contributed by atoms with Crippen LogP contribution in [-0.2, 0) is 6.18 Å². The number of anilines is 1. The molecule has 1 aliphatic heterocycles. The quantitative estimate of drug-likeness (QED) is 0.725. The highest BCUT2D eigenvalue weighted by atomic mass is 19.4. The molecule has 0 saturated carbocycles. The predicted octanol–water partition coefficient (Wildman–Crippen LogP) is 4.25. The Labute approximate surface area is 159 Å². The Hall–Kier alpha value is -3.03. The lowest BCUT2D eigenvalue weighted by Crippen LogP contribution is -2.40. The zero-order chi connectivity index (χ0) is 19.7. The number of hydrogen-bond acceptors (Lipinski definition) is 4. The summed E-state index contributed by atoms with van der Waals surface area (Å²) in [5, 5.41) is 2.64. The van der Waals surface area contributed by atoms with E-state index in [9.17, 15) is 18.0 Å². The molecule has 2 heterocycles. The van der Waals surface area contributed by atoms with Gasteiger partial charge in [-0.25, -0.2) is 0 Å². The van der Waals surface area contributed by atoms with E-state index in [1.807, 2.05) is 29.2 Å². The molecule has 28 heavy (non-hydrogen) atoms. The number of carbonyl (C=O) groups excluding carboxylic acids is 1. The average Bonchev–Trinajstić information content (AvgIpc) is 3.31. The predicted molar refractivity (Wildman–Crippen MR) is 98.2 cm³/mol. The van der Waals surface area contributed by atoms with E-state index < -0.39 is 17.6 Å². The SMILES string of the molecule is O=C(NCC1CCCN1c1nc2ccccc2o1)c1ccccc1C(F)(F)F. The number of fused-ring (bicyclic) bond motifs is 1. The van der Waals surface area contributed by atoms with E-state index in [1.54, 1.807) is 0 Å². The number of hydrogen-bond donors (Lipinski definition) is 1. The van der Waals surface area contributed by atoms with Crippen molar-refractivity contribution in [1.82, 2.24) is 10.3 Å². The third kappa shape index (κ3) is 3.54. The van der Waals surface area contributed by atoms with Gasteiger partial charge in [-0.2, -0.15) is 18.2 Å². The van der Waals surface area contributed by atoms with E-state index in [0.29, 0.717) is 18.1 Å². The molecule has 1 atom stereocenters. The first-order valence-electron chi connectivity index (χ1n) is 9.00. The van der Waals surface area contributed by atoms with Gasteiger partial charge in [0.15, 0.2) is 5.58 Å². The largest absolute Gasteiger partial charge is 0.423 e. The molecule has 146 valence electrons. The van der Waals surface area contributed by atoms with Crippen molar-refractivity contribution in [2.24, 2.45) is 0 Å². The minimum atomic E-state index is -4.58. The van der Waals surface area contributed by atoms with Gasteiger partial charge in [0.1, 0.15) is 5.52 Å². The highest BCUT2D eigenvalue weighted by Gasteiger charge is 2.35. The van der Waals surface area contributed by atoms with Gasteiger partial charge in [-0.3, -0.25) is 4.79 Å². The topological polar surface area (TPSA) is 58.4 Å². The Bertz CT molecular complexity index is 967. The number of nitrogens with zero attached hydrogens (tertiary/aromatic N) is 2. The van der Waals surface area contributed by atoms with E-state index in [2.05, 4.69) is 10.3 Å². The van der Waals surface area contributed by atoms with Crippen molar-refractivity contribution in [2.75, 3.05) is 18.0 Å². The minimum Gasteiger partial charge on any atom is -0.423 e. The smallest absolute Gasteiger partial charge is 0.417 e. The van der Waals surface area contributed by atoms with Gasteiger partial charge in [0.25, 0.3) is 11.9 Å². The highest BCUT2D eigenvalue weighted by molar-refractivity contribution is 5.95. The standard InChI is InChI=1S/C20H18F3N3O2/c21-20(22,23)15-8-2-1-7-14(15)18(27)24-12-13-6-5-11-26(13)19-25-16-9-3-4-10-17(16)28-19/h1-4,7-10,13H,5-6,11-12H2,(H,24,27). The molecule has 0 aliphatic carbocycles. The van der Waals surface area contributed by atoms with Crippen molar-refractivity contribution in [3.05, 3.63) is 59.7 Å². The highest BCUT2D eigenvalue weighted by Crippen LogP contribution is 2.32. The van der Waals surface area contributed by atoms with Crippen LogP contribution in [0.1, 0.15) is 28.8 Å². The number of benzene rings is 2. The normalized spacial score (nSPS) is 17.2. The van der Waals surface area contributed by atoms with Crippen LogP contribution in [0.15, 0.2) is 52.9 Å². The monoisotopic (exact) mass is 389 g/mol. The molecule has 2 aromatic carbocycles. The first-order valence-corrected chi connectivity index (χ1v) is 9.00. The summed E-state index contributed by atoms with van der Waals surface area (Å²) in [7, 11) is 0. The number of nitrogens with one attached hydrogen (secondary N) is 1. The second-order valence-electron chi connectivity index (χ2n) is 6.71. The third-order valence-corrected chi connectivity index (χ3v) is 4.88. The Morgan fingerprint density at radius 2 is 1.93 bits per heavy atom. The van der Waals surface area contributed by atoms with Gasteiger partial charge in [-0.15, -0.1) is 0 Å². The van der Waals surface area contributed by atoms with E-state index in [4.69, 9.17) is 4.42 Å². The van der Waals surface area contributed by atoms with Gasteiger partial charge in [-0.05, 0) is 37.1 Å². The zero-order valence-electron chi connectivity index (χ0n) is 14.9. The summed E-state index contributed by atoms with van der Waals surface area (Å²) in [4.78, 5) is 18.8. The average molecular weight is 389 g/mol. The first-order chi connectivity index (χ1) is 13.4. The van der Waals surface area contributed by atoms with Gasteiger partial charge >= 0.3 is 6.18 Å². The van der Waals surface area contributed by atoms with Crippen LogP contribution in [0.4, 0.5) is 19.2 Å². The van der Waals surface area contributed by atoms with E-state index in [-0.39, 0.29) is 18.2 Å². The van der Waals surface area contributed by atoms with Crippen LogP contribution in [0.2, 0.25) is 0 Å². The van der Waals surface area contributed by atoms with Crippen LogP contribution in [0.3, 0.4) is 0 Å². The first kappa shape index (κ1) is 18.3. The van der Waals surface area contributed by atoms with Crippen molar-refractivity contribution < 1.29 is 22.4 Å². The second-order valence-corrected chi connectivity index (χ2v) is 6.71. The van der Waals surface area contributed by atoms with Crippen LogP contribution < -0.4 is 10.2 Å². The summed E-state index contributed by atoms with van der Waals surface area (Å²) >= 11 is 0. The lowest BCUT2D eigenvalue weighted by Gasteiger charge is -2.23. The maximum atomic E-state index is 13.1. The van der Waals surface area contributed by atoms with Crippen LogP contribution in [0.5, 0.6) is 0 Å². The molecule has 0 spiro atoms. The number of aromatic nitrogens is 1. The molecule has 1 N–H and O–H groups in total. The van der Waals surface area contributed by atoms with Gasteiger partial charge < -0.3 is 14.6 Å². The molecule has 1 saturated heterocycles. The zero-order valence-corrected chi connectivity index (χ0v) is 14.9. The second kappa shape index (κ2) is 7.18. The molecule has 1 fully saturated rings. The van der Waals surface area contributed by atoms with Gasteiger partial charge in [0, 0.05) is 13.1 Å². The fourth-order valence-electron chi connectivity index (χ4n) is 3.52.